The fraction of sp³-hybridized carbons (Fsp3) is 0.350. The van der Waals surface area contributed by atoms with Crippen LogP contribution >= 0.6 is 0 Å². The molecule has 7 nitrogen and oxygen atoms in total. The van der Waals surface area contributed by atoms with Crippen LogP contribution in [0.5, 0.6) is 17.2 Å². The molecule has 0 radical (unpaired) electrons. The molecule has 2 aliphatic rings. The number of phenols is 1. The third-order valence-electron chi connectivity index (χ3n) is 5.32. The Morgan fingerprint density at radius 2 is 1.89 bits per heavy atom. The van der Waals surface area contributed by atoms with Crippen LogP contribution < -0.4 is 9.46 Å². The Hall–Kier alpha value is -2.60. The second-order valence-corrected chi connectivity index (χ2v) is 9.00. The van der Waals surface area contributed by atoms with Gasteiger partial charge in [0.15, 0.2) is 0 Å². The van der Waals surface area contributed by atoms with Crippen molar-refractivity contribution in [3.8, 4) is 23.3 Å². The summed E-state index contributed by atoms with van der Waals surface area (Å²) in [6.07, 6.45) is 1.76. The number of piperidine rings is 1. The molecule has 146 valence electrons. The molecule has 28 heavy (non-hydrogen) atoms. The van der Waals surface area contributed by atoms with Crippen molar-refractivity contribution in [3.63, 3.8) is 0 Å². The van der Waals surface area contributed by atoms with Crippen LogP contribution in [-0.4, -0.2) is 43.4 Å². The van der Waals surface area contributed by atoms with Gasteiger partial charge in [-0.05, 0) is 49.2 Å². The van der Waals surface area contributed by atoms with E-state index in [1.165, 1.54) is 12.1 Å². The van der Waals surface area contributed by atoms with E-state index in [2.05, 4.69) is 9.62 Å². The van der Waals surface area contributed by atoms with E-state index in [0.29, 0.717) is 18.0 Å². The highest BCUT2D eigenvalue weighted by Gasteiger charge is 2.38. The molecule has 0 amide bonds. The van der Waals surface area contributed by atoms with E-state index in [0.717, 1.165) is 24.9 Å². The van der Waals surface area contributed by atoms with E-state index in [-0.39, 0.29) is 29.1 Å². The average Bonchev–Trinajstić information content (AvgIpc) is 2.68. The summed E-state index contributed by atoms with van der Waals surface area (Å²) in [6, 6.07) is 14.0. The predicted molar refractivity (Wildman–Crippen MR) is 104 cm³/mol. The summed E-state index contributed by atoms with van der Waals surface area (Å²) >= 11 is 0. The third-order valence-corrected chi connectivity index (χ3v) is 6.64. The smallest absolute Gasteiger partial charge is 0.214 e. The Morgan fingerprint density at radius 3 is 2.61 bits per heavy atom. The lowest BCUT2D eigenvalue weighted by atomic mass is 9.87. The summed E-state index contributed by atoms with van der Waals surface area (Å²) in [5, 5.41) is 18.6. The Labute approximate surface area is 164 Å². The minimum Gasteiger partial charge on any atom is -0.506 e. The number of rotatable bonds is 3. The molecule has 2 aromatic rings. The zero-order valence-electron chi connectivity index (χ0n) is 15.2. The molecule has 0 aromatic heterocycles. The van der Waals surface area contributed by atoms with Crippen molar-refractivity contribution in [1.29, 1.82) is 5.26 Å². The van der Waals surface area contributed by atoms with Gasteiger partial charge in [-0.2, -0.15) is 9.98 Å². The largest absolute Gasteiger partial charge is 0.506 e. The van der Waals surface area contributed by atoms with E-state index < -0.39 is 10.0 Å². The molecule has 0 saturated carbocycles. The van der Waals surface area contributed by atoms with Crippen molar-refractivity contribution in [3.05, 3.63) is 53.6 Å². The van der Waals surface area contributed by atoms with E-state index >= 15 is 0 Å². The number of sulfonamides is 1. The molecular formula is C20H21N3O4S. The average molecular weight is 399 g/mol. The summed E-state index contributed by atoms with van der Waals surface area (Å²) in [6.45, 7) is 1.48. The van der Waals surface area contributed by atoms with Crippen LogP contribution in [0.3, 0.4) is 0 Å². The minimum absolute atomic E-state index is 0.0943. The Morgan fingerprint density at radius 1 is 1.14 bits per heavy atom. The van der Waals surface area contributed by atoms with E-state index in [4.69, 9.17) is 10.00 Å². The maximum Gasteiger partial charge on any atom is 0.214 e. The highest BCUT2D eigenvalue weighted by atomic mass is 32.2. The van der Waals surface area contributed by atoms with Gasteiger partial charge in [0, 0.05) is 18.5 Å². The molecule has 2 aliphatic heterocycles. The normalized spacial score (nSPS) is 24.1. The first-order valence-electron chi connectivity index (χ1n) is 9.20. The van der Waals surface area contributed by atoms with Gasteiger partial charge in [0.2, 0.25) is 10.0 Å². The van der Waals surface area contributed by atoms with Gasteiger partial charge in [-0.1, -0.05) is 12.1 Å². The first-order chi connectivity index (χ1) is 13.4. The highest BCUT2D eigenvalue weighted by Crippen LogP contribution is 2.35. The van der Waals surface area contributed by atoms with Gasteiger partial charge in [0.25, 0.3) is 0 Å². The standard InChI is InChI=1S/C20H21N3O4S/c21-13-15-5-8-17(12-19(15)24)27-16-6-3-14(4-7-16)18-2-1-9-23-10-11-28(25,26)22-20(18)23/h3-8,12,18,20,22,24H,1-2,9-11H2. The number of benzene rings is 2. The first-order valence-corrected chi connectivity index (χ1v) is 10.9. The summed E-state index contributed by atoms with van der Waals surface area (Å²) in [4.78, 5) is 2.21. The van der Waals surface area contributed by atoms with Gasteiger partial charge in [-0.25, -0.2) is 8.42 Å². The maximum absolute atomic E-state index is 12.0. The number of nitrogens with one attached hydrogen (secondary N) is 1. The van der Waals surface area contributed by atoms with Gasteiger partial charge < -0.3 is 9.84 Å². The van der Waals surface area contributed by atoms with Gasteiger partial charge in [-0.3, -0.25) is 4.90 Å². The zero-order valence-corrected chi connectivity index (χ0v) is 16.0. The molecule has 2 aromatic carbocycles. The van der Waals surface area contributed by atoms with Crippen LogP contribution in [0.15, 0.2) is 42.5 Å². The number of nitrogens with zero attached hydrogens (tertiary/aromatic N) is 2. The number of hydrogen-bond donors (Lipinski definition) is 2. The first kappa shape index (κ1) is 18.7. The van der Waals surface area contributed by atoms with Crippen molar-refractivity contribution >= 4 is 10.0 Å². The lowest BCUT2D eigenvalue weighted by Gasteiger charge is -2.44. The molecule has 2 fully saturated rings. The molecule has 0 bridgehead atoms. The van der Waals surface area contributed by atoms with Crippen LogP contribution in [-0.2, 0) is 10.0 Å². The fourth-order valence-electron chi connectivity index (χ4n) is 3.89. The maximum atomic E-state index is 12.0. The van der Waals surface area contributed by atoms with Gasteiger partial charge in [0.05, 0.1) is 17.5 Å². The van der Waals surface area contributed by atoms with Crippen LogP contribution in [0.25, 0.3) is 0 Å². The SMILES string of the molecule is N#Cc1ccc(Oc2ccc(C3CCCN4CCS(=O)(=O)NC34)cc2)cc1O. The quantitative estimate of drug-likeness (QED) is 0.822. The highest BCUT2D eigenvalue weighted by molar-refractivity contribution is 7.89. The fourth-order valence-corrected chi connectivity index (χ4v) is 5.17. The topological polar surface area (TPSA) is 103 Å². The molecule has 2 unspecified atom stereocenters. The minimum atomic E-state index is -3.22. The monoisotopic (exact) mass is 399 g/mol. The van der Waals surface area contributed by atoms with Crippen LogP contribution in [0, 0.1) is 11.3 Å². The van der Waals surface area contributed by atoms with E-state index in [9.17, 15) is 13.5 Å². The molecular weight excluding hydrogens is 378 g/mol. The molecule has 4 rings (SSSR count). The number of hydrogen-bond acceptors (Lipinski definition) is 6. The van der Waals surface area contributed by atoms with Crippen LogP contribution in [0.1, 0.15) is 29.9 Å². The molecule has 2 atom stereocenters. The van der Waals surface area contributed by atoms with Crippen LogP contribution in [0.4, 0.5) is 0 Å². The summed E-state index contributed by atoms with van der Waals surface area (Å²) in [7, 11) is -3.22. The van der Waals surface area contributed by atoms with E-state index in [1.807, 2.05) is 30.3 Å². The van der Waals surface area contributed by atoms with Gasteiger partial charge in [-0.15, -0.1) is 0 Å². The lowest BCUT2D eigenvalue weighted by molar-refractivity contribution is 0.116. The summed E-state index contributed by atoms with van der Waals surface area (Å²) < 4.78 is 32.6. The predicted octanol–water partition coefficient (Wildman–Crippen LogP) is 2.49. The Kier molecular flexibility index (Phi) is 4.98. The summed E-state index contributed by atoms with van der Waals surface area (Å²) in [5.41, 5.74) is 1.26. The van der Waals surface area contributed by atoms with Crippen molar-refractivity contribution in [2.45, 2.75) is 24.9 Å². The van der Waals surface area contributed by atoms with Crippen molar-refractivity contribution in [2.75, 3.05) is 18.8 Å². The van der Waals surface area contributed by atoms with Gasteiger partial charge >= 0.3 is 0 Å². The Balaban J connectivity index is 1.51. The number of nitriles is 1. The second kappa shape index (κ2) is 7.43. The van der Waals surface area contributed by atoms with Crippen LogP contribution in [0.2, 0.25) is 0 Å². The third kappa shape index (κ3) is 3.83. The summed E-state index contributed by atoms with van der Waals surface area (Å²) in [5.74, 6) is 1.17. The molecule has 2 saturated heterocycles. The van der Waals surface area contributed by atoms with Crippen molar-refractivity contribution in [1.82, 2.24) is 9.62 Å². The molecule has 2 N–H and O–H groups in total. The second-order valence-electron chi connectivity index (χ2n) is 7.13. The number of aromatic hydroxyl groups is 1. The lowest BCUT2D eigenvalue weighted by Crippen LogP contribution is -2.60. The molecule has 2 heterocycles. The zero-order chi connectivity index (χ0) is 19.7. The van der Waals surface area contributed by atoms with E-state index in [1.54, 1.807) is 6.07 Å². The Bertz CT molecular complexity index is 1010. The number of ether oxygens (including phenoxy) is 1. The molecule has 0 spiro atoms. The van der Waals surface area contributed by atoms with Crippen molar-refractivity contribution < 1.29 is 18.3 Å². The number of fused-ring (bicyclic) bond motifs is 1. The van der Waals surface area contributed by atoms with Gasteiger partial charge in [0.1, 0.15) is 23.3 Å². The van der Waals surface area contributed by atoms with Crippen molar-refractivity contribution in [2.24, 2.45) is 0 Å². The molecule has 8 heteroatoms. The number of phenolic OH excluding ortho intramolecular Hbond substituents is 1. The molecule has 0 aliphatic carbocycles.